The number of rotatable bonds is 6. The van der Waals surface area contributed by atoms with Crippen molar-refractivity contribution in [1.29, 1.82) is 0 Å². The van der Waals surface area contributed by atoms with Crippen LogP contribution in [0.4, 0.5) is 5.13 Å². The molecule has 0 saturated carbocycles. The zero-order valence-electron chi connectivity index (χ0n) is 15.1. The normalized spacial score (nSPS) is 11.0. The number of amides is 1. The van der Waals surface area contributed by atoms with E-state index in [9.17, 15) is 4.79 Å². The van der Waals surface area contributed by atoms with E-state index in [1.165, 1.54) is 22.7 Å². The van der Waals surface area contributed by atoms with Gasteiger partial charge in [0.25, 0.3) is 5.91 Å². The fraction of sp³-hybridized carbons (Fsp3) is 0.158. The topological polar surface area (TPSA) is 77.0 Å². The third kappa shape index (κ3) is 4.27. The quantitative estimate of drug-likeness (QED) is 0.443. The number of benzene rings is 1. The lowest BCUT2D eigenvalue weighted by atomic mass is 10.2. The summed E-state index contributed by atoms with van der Waals surface area (Å²) < 4.78 is 5.65. The molecule has 4 aromatic rings. The lowest BCUT2D eigenvalue weighted by Crippen LogP contribution is -2.12. The molecule has 0 atom stereocenters. The zero-order valence-corrected chi connectivity index (χ0v) is 17.5. The van der Waals surface area contributed by atoms with Gasteiger partial charge in [0.2, 0.25) is 5.13 Å². The Balaban J connectivity index is 1.44. The number of ether oxygens (including phenoxy) is 1. The second kappa shape index (κ2) is 8.17. The predicted octanol–water partition coefficient (Wildman–Crippen LogP) is 5.43. The molecule has 9 heteroatoms. The van der Waals surface area contributed by atoms with E-state index < -0.39 is 0 Å². The zero-order chi connectivity index (χ0) is 19.5. The summed E-state index contributed by atoms with van der Waals surface area (Å²) in [7, 11) is 0. The molecule has 3 heterocycles. The summed E-state index contributed by atoms with van der Waals surface area (Å²) in [5.41, 5.74) is 2.30. The van der Waals surface area contributed by atoms with Crippen molar-refractivity contribution in [1.82, 2.24) is 15.2 Å². The van der Waals surface area contributed by atoms with E-state index in [2.05, 4.69) is 20.5 Å². The van der Waals surface area contributed by atoms with E-state index in [0.717, 1.165) is 26.9 Å². The first-order valence-electron chi connectivity index (χ1n) is 8.48. The van der Waals surface area contributed by atoms with Crippen molar-refractivity contribution in [2.75, 3.05) is 5.32 Å². The molecule has 0 aliphatic carbocycles. The highest BCUT2D eigenvalue weighted by molar-refractivity contribution is 7.19. The molecule has 0 saturated heterocycles. The summed E-state index contributed by atoms with van der Waals surface area (Å²) in [5.74, 6) is 0.515. The Bertz CT molecular complexity index is 1070. The minimum absolute atomic E-state index is 0.126. The average Bonchev–Trinajstić information content (AvgIpc) is 3.43. The molecule has 1 amide bonds. The van der Waals surface area contributed by atoms with Crippen LogP contribution in [0.1, 0.15) is 24.3 Å². The maximum atomic E-state index is 12.5. The van der Waals surface area contributed by atoms with Gasteiger partial charge in [-0.25, -0.2) is 4.98 Å². The summed E-state index contributed by atoms with van der Waals surface area (Å²) in [6, 6.07) is 9.67. The lowest BCUT2D eigenvalue weighted by Gasteiger charge is -2.09. The molecule has 0 radical (unpaired) electrons. The molecule has 6 nitrogen and oxygen atoms in total. The number of nitrogens with zero attached hydrogens (tertiary/aromatic N) is 3. The molecule has 0 bridgehead atoms. The molecule has 3 aromatic heterocycles. The molecule has 0 aliphatic heterocycles. The van der Waals surface area contributed by atoms with Crippen LogP contribution in [-0.4, -0.2) is 27.2 Å². The summed E-state index contributed by atoms with van der Waals surface area (Å²) in [6.45, 7) is 3.97. The van der Waals surface area contributed by atoms with Gasteiger partial charge >= 0.3 is 0 Å². The van der Waals surface area contributed by atoms with E-state index in [4.69, 9.17) is 4.74 Å². The van der Waals surface area contributed by atoms with Gasteiger partial charge in [-0.3, -0.25) is 10.1 Å². The third-order valence-corrected chi connectivity index (χ3v) is 6.09. The highest BCUT2D eigenvalue weighted by Crippen LogP contribution is 2.29. The van der Waals surface area contributed by atoms with Crippen molar-refractivity contribution in [2.24, 2.45) is 0 Å². The maximum absolute atomic E-state index is 12.5. The van der Waals surface area contributed by atoms with E-state index in [-0.39, 0.29) is 12.0 Å². The Hall–Kier alpha value is -2.62. The van der Waals surface area contributed by atoms with Gasteiger partial charge in [-0.05, 0) is 49.6 Å². The molecule has 1 aromatic carbocycles. The summed E-state index contributed by atoms with van der Waals surface area (Å²) >= 11 is 4.35. The highest BCUT2D eigenvalue weighted by Gasteiger charge is 2.15. The van der Waals surface area contributed by atoms with Crippen LogP contribution in [0, 0.1) is 0 Å². The molecule has 4 rings (SSSR count). The number of nitrogens with one attached hydrogen (secondary N) is 1. The first-order valence-corrected chi connectivity index (χ1v) is 11.1. The van der Waals surface area contributed by atoms with E-state index in [1.54, 1.807) is 16.7 Å². The lowest BCUT2D eigenvalue weighted by molar-refractivity contribution is 0.102. The number of thiazole rings is 1. The molecule has 0 aliphatic rings. The number of carbonyl (C=O) groups is 1. The Morgan fingerprint density at radius 2 is 1.86 bits per heavy atom. The van der Waals surface area contributed by atoms with Crippen molar-refractivity contribution in [3.05, 3.63) is 52.2 Å². The Kier molecular flexibility index (Phi) is 5.47. The molecular formula is C19H16N4O2S3. The van der Waals surface area contributed by atoms with E-state index in [0.29, 0.717) is 10.8 Å². The summed E-state index contributed by atoms with van der Waals surface area (Å²) in [6.07, 6.45) is 0.126. The molecular weight excluding hydrogens is 412 g/mol. The molecule has 142 valence electrons. The van der Waals surface area contributed by atoms with E-state index >= 15 is 0 Å². The number of aromatic nitrogens is 3. The average molecular weight is 429 g/mol. The molecule has 0 spiro atoms. The van der Waals surface area contributed by atoms with Crippen LogP contribution in [0.15, 0.2) is 46.5 Å². The predicted molar refractivity (Wildman–Crippen MR) is 114 cm³/mol. The SMILES string of the molecule is CC(C)Oc1ccc(-c2nc(C(=O)Nc3nnc(-c4ccsc4)s3)cs2)cc1. The van der Waals surface area contributed by atoms with Crippen LogP contribution < -0.4 is 10.1 Å². The van der Waals surface area contributed by atoms with Gasteiger partial charge in [0.05, 0.1) is 6.10 Å². The van der Waals surface area contributed by atoms with Crippen molar-refractivity contribution >= 4 is 45.0 Å². The van der Waals surface area contributed by atoms with Gasteiger partial charge in [-0.2, -0.15) is 11.3 Å². The minimum Gasteiger partial charge on any atom is -0.491 e. The second-order valence-corrected chi connectivity index (χ2v) is 8.72. The van der Waals surface area contributed by atoms with Crippen molar-refractivity contribution in [3.8, 4) is 26.9 Å². The Labute approximate surface area is 173 Å². The van der Waals surface area contributed by atoms with Crippen LogP contribution in [-0.2, 0) is 0 Å². The van der Waals surface area contributed by atoms with Crippen LogP contribution in [0.5, 0.6) is 5.75 Å². The number of thiophene rings is 1. The summed E-state index contributed by atoms with van der Waals surface area (Å²) in [4.78, 5) is 16.9. The molecule has 28 heavy (non-hydrogen) atoms. The van der Waals surface area contributed by atoms with Gasteiger partial charge in [0.15, 0.2) is 0 Å². The largest absolute Gasteiger partial charge is 0.491 e. The first kappa shape index (κ1) is 18.7. The summed E-state index contributed by atoms with van der Waals surface area (Å²) in [5, 5.41) is 18.6. The standard InChI is InChI=1S/C19H16N4O2S3/c1-11(2)25-14-5-3-12(4-6-14)17-20-15(10-27-17)16(24)21-19-23-22-18(28-19)13-7-8-26-9-13/h3-11H,1-2H3,(H,21,23,24). The van der Waals surface area contributed by atoms with Gasteiger partial charge in [-0.15, -0.1) is 21.5 Å². The minimum atomic E-state index is -0.296. The van der Waals surface area contributed by atoms with Crippen molar-refractivity contribution in [2.45, 2.75) is 20.0 Å². The number of hydrogen-bond acceptors (Lipinski definition) is 8. The first-order chi connectivity index (χ1) is 13.6. The molecule has 0 unspecified atom stereocenters. The molecule has 0 fully saturated rings. The van der Waals surface area contributed by atoms with E-state index in [1.807, 2.05) is 54.9 Å². The van der Waals surface area contributed by atoms with Crippen LogP contribution in [0.3, 0.4) is 0 Å². The number of hydrogen-bond donors (Lipinski definition) is 1. The Morgan fingerprint density at radius 3 is 2.57 bits per heavy atom. The highest BCUT2D eigenvalue weighted by atomic mass is 32.1. The Morgan fingerprint density at radius 1 is 1.04 bits per heavy atom. The fourth-order valence-electron chi connectivity index (χ4n) is 2.40. The van der Waals surface area contributed by atoms with Gasteiger partial charge in [0.1, 0.15) is 21.5 Å². The van der Waals surface area contributed by atoms with Crippen molar-refractivity contribution < 1.29 is 9.53 Å². The van der Waals surface area contributed by atoms with Crippen LogP contribution >= 0.6 is 34.0 Å². The van der Waals surface area contributed by atoms with Crippen LogP contribution in [0.2, 0.25) is 0 Å². The third-order valence-electron chi connectivity index (χ3n) is 3.62. The van der Waals surface area contributed by atoms with Gasteiger partial charge in [0, 0.05) is 21.9 Å². The fourth-order valence-corrected chi connectivity index (χ4v) is 4.65. The van der Waals surface area contributed by atoms with Gasteiger partial charge < -0.3 is 4.74 Å². The molecule has 1 N–H and O–H groups in total. The van der Waals surface area contributed by atoms with Gasteiger partial charge in [-0.1, -0.05) is 11.3 Å². The number of anilines is 1. The van der Waals surface area contributed by atoms with Crippen molar-refractivity contribution in [3.63, 3.8) is 0 Å². The smallest absolute Gasteiger partial charge is 0.276 e. The maximum Gasteiger partial charge on any atom is 0.276 e. The van der Waals surface area contributed by atoms with Crippen LogP contribution in [0.25, 0.3) is 21.1 Å². The monoisotopic (exact) mass is 428 g/mol. The number of carbonyl (C=O) groups excluding carboxylic acids is 1. The second-order valence-electron chi connectivity index (χ2n) is 6.11.